The van der Waals surface area contributed by atoms with E-state index in [0.29, 0.717) is 6.42 Å². The van der Waals surface area contributed by atoms with Crippen molar-refractivity contribution in [1.29, 1.82) is 0 Å². The fourth-order valence-electron chi connectivity index (χ4n) is 1.76. The summed E-state index contributed by atoms with van der Waals surface area (Å²) in [7, 11) is 0. The largest absolute Gasteiger partial charge is 0.203 e. The van der Waals surface area contributed by atoms with Crippen molar-refractivity contribution in [2.45, 2.75) is 32.6 Å². The Morgan fingerprint density at radius 3 is 1.90 bits per heavy atom. The Morgan fingerprint density at radius 2 is 1.45 bits per heavy atom. The number of allylic oxidation sites excluding steroid dienone is 1. The third-order valence-corrected chi connectivity index (χ3v) is 3.00. The van der Waals surface area contributed by atoms with Gasteiger partial charge in [-0.15, -0.1) is 5.73 Å². The highest BCUT2D eigenvalue weighted by atomic mass is 79.9. The lowest BCUT2D eigenvalue weighted by Crippen LogP contribution is -2.06. The van der Waals surface area contributed by atoms with Crippen LogP contribution in [0.4, 0.5) is 22.0 Å². The van der Waals surface area contributed by atoms with Crippen LogP contribution in [0, 0.1) is 29.1 Å². The molecule has 0 atom stereocenters. The van der Waals surface area contributed by atoms with Gasteiger partial charge in [-0.1, -0.05) is 35.7 Å². The third kappa shape index (κ3) is 3.49. The summed E-state index contributed by atoms with van der Waals surface area (Å²) < 4.78 is 66.7. The summed E-state index contributed by atoms with van der Waals surface area (Å²) in [6.45, 7) is 1.93. The van der Waals surface area contributed by atoms with Crippen LogP contribution in [0.3, 0.4) is 0 Å². The number of unbranched alkanes of at least 4 members (excludes halogenated alkanes) is 2. The van der Waals surface area contributed by atoms with E-state index in [1.54, 1.807) is 0 Å². The molecule has 0 aliphatic rings. The van der Waals surface area contributed by atoms with E-state index in [1.807, 2.05) is 6.92 Å². The lowest BCUT2D eigenvalue weighted by atomic mass is 9.99. The van der Waals surface area contributed by atoms with Crippen molar-refractivity contribution in [1.82, 2.24) is 0 Å². The van der Waals surface area contributed by atoms with Crippen molar-refractivity contribution in [2.75, 3.05) is 0 Å². The standard InChI is InChI=1S/C14H12BrF5/c1-2-3-4-5-8(6-7-15)9-10(16)12(18)14(20)13(19)11(9)17/h7H,2-5H2,1H3. The minimum Gasteiger partial charge on any atom is -0.203 e. The molecule has 0 N–H and O–H groups in total. The molecule has 0 nitrogen and oxygen atoms in total. The second-order valence-corrected chi connectivity index (χ2v) is 4.59. The van der Waals surface area contributed by atoms with Gasteiger partial charge in [0.15, 0.2) is 23.3 Å². The fraction of sp³-hybridized carbons (Fsp3) is 0.357. The average Bonchev–Trinajstić information content (AvgIpc) is 2.43. The molecule has 0 aliphatic carbocycles. The first kappa shape index (κ1) is 16.9. The maximum atomic E-state index is 13.7. The van der Waals surface area contributed by atoms with Crippen molar-refractivity contribution >= 4 is 21.5 Å². The quantitative estimate of drug-likeness (QED) is 0.204. The Hall–Kier alpha value is -1.13. The van der Waals surface area contributed by atoms with Crippen LogP contribution in [0.2, 0.25) is 0 Å². The van der Waals surface area contributed by atoms with Gasteiger partial charge in [-0.25, -0.2) is 22.0 Å². The Labute approximate surface area is 122 Å². The summed E-state index contributed by atoms with van der Waals surface area (Å²) in [6, 6.07) is 0. The number of rotatable bonds is 5. The minimum atomic E-state index is -2.15. The molecule has 0 saturated heterocycles. The van der Waals surface area contributed by atoms with E-state index >= 15 is 0 Å². The second kappa shape index (κ2) is 7.60. The molecule has 1 aromatic carbocycles. The molecule has 110 valence electrons. The van der Waals surface area contributed by atoms with Gasteiger partial charge in [0.05, 0.1) is 5.56 Å². The van der Waals surface area contributed by atoms with Crippen LogP contribution in [0.5, 0.6) is 0 Å². The van der Waals surface area contributed by atoms with Gasteiger partial charge >= 0.3 is 0 Å². The fourth-order valence-corrected chi connectivity index (χ4v) is 2.03. The van der Waals surface area contributed by atoms with E-state index in [0.717, 1.165) is 12.8 Å². The molecule has 1 aromatic rings. The normalized spacial score (nSPS) is 10.3. The van der Waals surface area contributed by atoms with E-state index < -0.39 is 34.6 Å². The molecule has 0 fully saturated rings. The van der Waals surface area contributed by atoms with Crippen LogP contribution in [0.1, 0.15) is 38.2 Å². The molecule has 0 aromatic heterocycles. The number of hydrogen-bond donors (Lipinski definition) is 0. The van der Waals surface area contributed by atoms with Crippen LogP contribution in [0.25, 0.3) is 5.57 Å². The van der Waals surface area contributed by atoms with Gasteiger partial charge in [-0.05, 0) is 12.8 Å². The first-order valence-corrected chi connectivity index (χ1v) is 6.93. The minimum absolute atomic E-state index is 0.0527. The first-order valence-electron chi connectivity index (χ1n) is 6.01. The van der Waals surface area contributed by atoms with E-state index in [1.165, 1.54) is 4.99 Å². The molecule has 0 unspecified atom stereocenters. The zero-order valence-corrected chi connectivity index (χ0v) is 12.3. The molecule has 0 amide bonds. The summed E-state index contributed by atoms with van der Waals surface area (Å²) in [5.74, 6) is -9.68. The zero-order valence-electron chi connectivity index (χ0n) is 10.7. The Morgan fingerprint density at radius 1 is 0.950 bits per heavy atom. The predicted molar refractivity (Wildman–Crippen MR) is 70.8 cm³/mol. The maximum Gasteiger partial charge on any atom is 0.200 e. The molecule has 0 heterocycles. The molecule has 0 radical (unpaired) electrons. The summed E-state index contributed by atoms with van der Waals surface area (Å²) in [5.41, 5.74) is 1.52. The highest BCUT2D eigenvalue weighted by molar-refractivity contribution is 9.11. The number of hydrogen-bond acceptors (Lipinski definition) is 0. The van der Waals surface area contributed by atoms with Crippen LogP contribution in [0.15, 0.2) is 10.7 Å². The van der Waals surface area contributed by atoms with Gasteiger partial charge in [0.2, 0.25) is 5.82 Å². The molecule has 1 rings (SSSR count). The van der Waals surface area contributed by atoms with Crippen molar-refractivity contribution in [3.63, 3.8) is 0 Å². The predicted octanol–water partition coefficient (Wildman–Crippen LogP) is 5.85. The highest BCUT2D eigenvalue weighted by Crippen LogP contribution is 2.30. The van der Waals surface area contributed by atoms with Crippen LogP contribution >= 0.6 is 15.9 Å². The number of benzene rings is 1. The molecule has 0 spiro atoms. The average molecular weight is 355 g/mol. The van der Waals surface area contributed by atoms with E-state index in [2.05, 4.69) is 21.7 Å². The molecule has 0 saturated carbocycles. The first-order chi connectivity index (χ1) is 9.45. The van der Waals surface area contributed by atoms with Gasteiger partial charge < -0.3 is 0 Å². The molecular weight excluding hydrogens is 343 g/mol. The smallest absolute Gasteiger partial charge is 0.200 e. The Kier molecular flexibility index (Phi) is 6.43. The second-order valence-electron chi connectivity index (χ2n) is 4.13. The van der Waals surface area contributed by atoms with Gasteiger partial charge in [0.1, 0.15) is 0 Å². The summed E-state index contributed by atoms with van der Waals surface area (Å²) in [4.78, 5) is 1.20. The molecule has 20 heavy (non-hydrogen) atoms. The SMILES string of the molecule is CCCCCC(=C=CBr)c1c(F)c(F)c(F)c(F)c1F. The van der Waals surface area contributed by atoms with Crippen molar-refractivity contribution in [2.24, 2.45) is 0 Å². The Balaban J connectivity index is 3.39. The summed E-state index contributed by atoms with van der Waals surface area (Å²) in [5, 5.41) is 0. The van der Waals surface area contributed by atoms with Crippen LogP contribution in [-0.4, -0.2) is 0 Å². The Bertz CT molecular complexity index is 530. The molecule has 6 heteroatoms. The van der Waals surface area contributed by atoms with Crippen LogP contribution < -0.4 is 0 Å². The molecule has 0 aliphatic heterocycles. The monoisotopic (exact) mass is 354 g/mol. The lowest BCUT2D eigenvalue weighted by molar-refractivity contribution is 0.376. The van der Waals surface area contributed by atoms with Crippen molar-refractivity contribution < 1.29 is 22.0 Å². The lowest BCUT2D eigenvalue weighted by Gasteiger charge is -2.10. The topological polar surface area (TPSA) is 0 Å². The highest BCUT2D eigenvalue weighted by Gasteiger charge is 2.27. The number of halogens is 6. The van der Waals surface area contributed by atoms with Crippen molar-refractivity contribution in [3.8, 4) is 0 Å². The maximum absolute atomic E-state index is 13.7. The van der Waals surface area contributed by atoms with Gasteiger partial charge in [-0.2, -0.15) is 0 Å². The summed E-state index contributed by atoms with van der Waals surface area (Å²) >= 11 is 2.89. The molecular formula is C14H12BrF5. The molecule has 0 bridgehead atoms. The third-order valence-electron chi connectivity index (χ3n) is 2.77. The van der Waals surface area contributed by atoms with Crippen molar-refractivity contribution in [3.05, 3.63) is 45.4 Å². The van der Waals surface area contributed by atoms with Gasteiger partial charge in [-0.3, -0.25) is 0 Å². The summed E-state index contributed by atoms with van der Waals surface area (Å²) in [6.07, 6.45) is 2.39. The van der Waals surface area contributed by atoms with E-state index in [4.69, 9.17) is 0 Å². The van der Waals surface area contributed by atoms with E-state index in [9.17, 15) is 22.0 Å². The van der Waals surface area contributed by atoms with E-state index in [-0.39, 0.29) is 12.0 Å². The van der Waals surface area contributed by atoms with Gasteiger partial charge in [0, 0.05) is 10.6 Å². The zero-order chi connectivity index (χ0) is 15.3. The van der Waals surface area contributed by atoms with Gasteiger partial charge in [0.25, 0.3) is 0 Å². The van der Waals surface area contributed by atoms with Crippen LogP contribution in [-0.2, 0) is 0 Å².